The van der Waals surface area contributed by atoms with Gasteiger partial charge in [-0.25, -0.2) is 0 Å². The SMILES string of the molecule is COc1ccccc1C(N)c1cc2cc(C)ccc2o1. The average Bonchev–Trinajstić information content (AvgIpc) is 2.89. The number of fused-ring (bicyclic) bond motifs is 1. The maximum atomic E-state index is 6.32. The topological polar surface area (TPSA) is 48.4 Å². The van der Waals surface area contributed by atoms with Crippen LogP contribution < -0.4 is 10.5 Å². The van der Waals surface area contributed by atoms with Gasteiger partial charge in [0.05, 0.1) is 13.2 Å². The van der Waals surface area contributed by atoms with Crippen LogP contribution in [0.1, 0.15) is 22.9 Å². The second-order valence-corrected chi connectivity index (χ2v) is 4.91. The van der Waals surface area contributed by atoms with Gasteiger partial charge in [0, 0.05) is 10.9 Å². The van der Waals surface area contributed by atoms with Gasteiger partial charge in [0.25, 0.3) is 0 Å². The van der Waals surface area contributed by atoms with Crippen molar-refractivity contribution >= 4 is 11.0 Å². The van der Waals surface area contributed by atoms with E-state index in [1.807, 2.05) is 42.5 Å². The van der Waals surface area contributed by atoms with Gasteiger partial charge in [0.1, 0.15) is 17.1 Å². The summed E-state index contributed by atoms with van der Waals surface area (Å²) in [5, 5.41) is 1.07. The van der Waals surface area contributed by atoms with Gasteiger partial charge in [0.2, 0.25) is 0 Å². The third kappa shape index (κ3) is 2.17. The zero-order valence-corrected chi connectivity index (χ0v) is 11.6. The molecule has 0 amide bonds. The molecule has 20 heavy (non-hydrogen) atoms. The molecule has 0 spiro atoms. The number of rotatable bonds is 3. The minimum atomic E-state index is -0.334. The highest BCUT2D eigenvalue weighted by Gasteiger charge is 2.17. The van der Waals surface area contributed by atoms with E-state index in [-0.39, 0.29) is 6.04 Å². The molecule has 3 aromatic rings. The van der Waals surface area contributed by atoms with Crippen molar-refractivity contribution in [2.24, 2.45) is 5.73 Å². The molecule has 2 aromatic carbocycles. The number of methoxy groups -OCH3 is 1. The summed E-state index contributed by atoms with van der Waals surface area (Å²) in [6.07, 6.45) is 0. The highest BCUT2D eigenvalue weighted by Crippen LogP contribution is 2.31. The van der Waals surface area contributed by atoms with Gasteiger partial charge in [-0.05, 0) is 31.2 Å². The number of benzene rings is 2. The Morgan fingerprint density at radius 1 is 1.10 bits per heavy atom. The predicted molar refractivity (Wildman–Crippen MR) is 80.0 cm³/mol. The molecule has 3 nitrogen and oxygen atoms in total. The number of hydrogen-bond donors (Lipinski definition) is 1. The lowest BCUT2D eigenvalue weighted by atomic mass is 10.0. The van der Waals surface area contributed by atoms with E-state index in [0.29, 0.717) is 0 Å². The first-order valence-corrected chi connectivity index (χ1v) is 6.57. The summed E-state index contributed by atoms with van der Waals surface area (Å²) >= 11 is 0. The minimum Gasteiger partial charge on any atom is -0.496 e. The molecule has 0 aliphatic rings. The Bertz CT molecular complexity index is 746. The lowest BCUT2D eigenvalue weighted by Gasteiger charge is -2.13. The van der Waals surface area contributed by atoms with E-state index >= 15 is 0 Å². The number of aryl methyl sites for hydroxylation is 1. The Morgan fingerprint density at radius 3 is 2.70 bits per heavy atom. The summed E-state index contributed by atoms with van der Waals surface area (Å²) in [6.45, 7) is 2.06. The van der Waals surface area contributed by atoms with Crippen molar-refractivity contribution in [3.05, 3.63) is 65.4 Å². The molecule has 0 radical (unpaired) electrons. The fourth-order valence-electron chi connectivity index (χ4n) is 2.41. The zero-order valence-electron chi connectivity index (χ0n) is 11.6. The van der Waals surface area contributed by atoms with Gasteiger partial charge in [-0.1, -0.05) is 29.8 Å². The van der Waals surface area contributed by atoms with Crippen molar-refractivity contribution in [1.82, 2.24) is 0 Å². The van der Waals surface area contributed by atoms with Gasteiger partial charge in [0.15, 0.2) is 0 Å². The van der Waals surface area contributed by atoms with E-state index in [9.17, 15) is 0 Å². The van der Waals surface area contributed by atoms with Crippen molar-refractivity contribution in [1.29, 1.82) is 0 Å². The Balaban J connectivity index is 2.05. The molecule has 0 aliphatic heterocycles. The summed E-state index contributed by atoms with van der Waals surface area (Å²) in [4.78, 5) is 0. The summed E-state index contributed by atoms with van der Waals surface area (Å²) in [5.41, 5.74) is 9.30. The van der Waals surface area contributed by atoms with Crippen molar-refractivity contribution < 1.29 is 9.15 Å². The molecule has 0 bridgehead atoms. The van der Waals surface area contributed by atoms with E-state index in [4.69, 9.17) is 14.9 Å². The van der Waals surface area contributed by atoms with Crippen LogP contribution in [-0.4, -0.2) is 7.11 Å². The molecule has 102 valence electrons. The number of ether oxygens (including phenoxy) is 1. The van der Waals surface area contributed by atoms with E-state index in [1.165, 1.54) is 5.56 Å². The van der Waals surface area contributed by atoms with Crippen LogP contribution in [0.25, 0.3) is 11.0 Å². The first-order valence-electron chi connectivity index (χ1n) is 6.57. The van der Waals surface area contributed by atoms with Gasteiger partial charge >= 0.3 is 0 Å². The Kier molecular flexibility index (Phi) is 3.20. The van der Waals surface area contributed by atoms with Crippen LogP contribution in [0, 0.1) is 6.92 Å². The van der Waals surface area contributed by atoms with Crippen molar-refractivity contribution in [3.63, 3.8) is 0 Å². The van der Waals surface area contributed by atoms with E-state index in [1.54, 1.807) is 7.11 Å². The molecule has 0 saturated heterocycles. The molecular formula is C17H17NO2. The summed E-state index contributed by atoms with van der Waals surface area (Å²) in [5.74, 6) is 1.52. The van der Waals surface area contributed by atoms with Crippen LogP contribution in [0.3, 0.4) is 0 Å². The third-order valence-corrected chi connectivity index (χ3v) is 3.47. The fraction of sp³-hybridized carbons (Fsp3) is 0.176. The number of nitrogens with two attached hydrogens (primary N) is 1. The Labute approximate surface area is 118 Å². The van der Waals surface area contributed by atoms with Crippen LogP contribution in [0.5, 0.6) is 5.75 Å². The number of hydrogen-bond acceptors (Lipinski definition) is 3. The number of furan rings is 1. The molecule has 1 atom stereocenters. The molecule has 1 unspecified atom stereocenters. The number of para-hydroxylation sites is 1. The van der Waals surface area contributed by atoms with E-state index in [2.05, 4.69) is 13.0 Å². The van der Waals surface area contributed by atoms with E-state index < -0.39 is 0 Å². The second-order valence-electron chi connectivity index (χ2n) is 4.91. The second kappa shape index (κ2) is 5.02. The lowest BCUT2D eigenvalue weighted by Crippen LogP contribution is -2.12. The van der Waals surface area contributed by atoms with Gasteiger partial charge < -0.3 is 14.9 Å². The van der Waals surface area contributed by atoms with Crippen LogP contribution in [0.15, 0.2) is 52.9 Å². The molecule has 1 aromatic heterocycles. The molecular weight excluding hydrogens is 250 g/mol. The van der Waals surface area contributed by atoms with Crippen LogP contribution in [0.2, 0.25) is 0 Å². The molecule has 0 saturated carbocycles. The zero-order chi connectivity index (χ0) is 14.1. The summed E-state index contributed by atoms with van der Waals surface area (Å²) in [7, 11) is 1.65. The van der Waals surface area contributed by atoms with Gasteiger partial charge in [-0.15, -0.1) is 0 Å². The smallest absolute Gasteiger partial charge is 0.134 e. The highest BCUT2D eigenvalue weighted by atomic mass is 16.5. The first kappa shape index (κ1) is 12.8. The minimum absolute atomic E-state index is 0.334. The third-order valence-electron chi connectivity index (χ3n) is 3.47. The van der Waals surface area contributed by atoms with Crippen molar-refractivity contribution in [2.45, 2.75) is 13.0 Å². The standard InChI is InChI=1S/C17H17NO2/c1-11-7-8-14-12(9-11)10-16(20-14)17(18)13-5-3-4-6-15(13)19-2/h3-10,17H,18H2,1-2H3. The lowest BCUT2D eigenvalue weighted by molar-refractivity contribution is 0.404. The largest absolute Gasteiger partial charge is 0.496 e. The normalized spacial score (nSPS) is 12.6. The summed E-state index contributed by atoms with van der Waals surface area (Å²) < 4.78 is 11.2. The van der Waals surface area contributed by atoms with Gasteiger partial charge in [-0.2, -0.15) is 0 Å². The van der Waals surface area contributed by atoms with E-state index in [0.717, 1.165) is 28.0 Å². The molecule has 3 heteroatoms. The van der Waals surface area contributed by atoms with Gasteiger partial charge in [-0.3, -0.25) is 0 Å². The Morgan fingerprint density at radius 2 is 1.90 bits per heavy atom. The van der Waals surface area contributed by atoms with Crippen LogP contribution in [0.4, 0.5) is 0 Å². The maximum absolute atomic E-state index is 6.32. The first-order chi connectivity index (χ1) is 9.69. The molecule has 1 heterocycles. The monoisotopic (exact) mass is 267 g/mol. The molecule has 2 N–H and O–H groups in total. The predicted octanol–water partition coefficient (Wildman–Crippen LogP) is 3.80. The summed E-state index contributed by atoms with van der Waals surface area (Å²) in [6, 6.07) is 15.5. The maximum Gasteiger partial charge on any atom is 0.134 e. The van der Waals surface area contributed by atoms with Crippen molar-refractivity contribution in [3.8, 4) is 5.75 Å². The fourth-order valence-corrected chi connectivity index (χ4v) is 2.41. The molecule has 0 fully saturated rings. The highest BCUT2D eigenvalue weighted by molar-refractivity contribution is 5.79. The quantitative estimate of drug-likeness (QED) is 0.785. The average molecular weight is 267 g/mol. The molecule has 0 aliphatic carbocycles. The van der Waals surface area contributed by atoms with Crippen molar-refractivity contribution in [2.75, 3.05) is 7.11 Å². The molecule has 3 rings (SSSR count). The van der Waals surface area contributed by atoms with Crippen LogP contribution in [-0.2, 0) is 0 Å². The van der Waals surface area contributed by atoms with Crippen LogP contribution >= 0.6 is 0 Å². The Hall–Kier alpha value is -2.26.